The van der Waals surface area contributed by atoms with Crippen LogP contribution in [-0.4, -0.2) is 18.1 Å². The van der Waals surface area contributed by atoms with Gasteiger partial charge >= 0.3 is 0 Å². The Labute approximate surface area is 117 Å². The van der Waals surface area contributed by atoms with Crippen LogP contribution in [0.5, 0.6) is 5.75 Å². The van der Waals surface area contributed by atoms with E-state index < -0.39 is 0 Å². The van der Waals surface area contributed by atoms with Crippen molar-refractivity contribution in [3.05, 3.63) is 23.0 Å². The molecule has 1 atom stereocenters. The molecule has 0 aliphatic rings. The zero-order valence-electron chi connectivity index (χ0n) is 13.2. The molecular weight excluding hydrogens is 236 g/mol. The van der Waals surface area contributed by atoms with Gasteiger partial charge in [0.1, 0.15) is 5.75 Å². The Kier molecular flexibility index (Phi) is 6.29. The van der Waals surface area contributed by atoms with Gasteiger partial charge in [-0.15, -0.1) is 0 Å². The van der Waals surface area contributed by atoms with Crippen LogP contribution in [0.15, 0.2) is 6.20 Å². The maximum absolute atomic E-state index is 5.45. The van der Waals surface area contributed by atoms with Crippen LogP contribution in [0.1, 0.15) is 50.4 Å². The van der Waals surface area contributed by atoms with Crippen molar-refractivity contribution < 1.29 is 4.74 Å². The predicted molar refractivity (Wildman–Crippen MR) is 80.6 cm³/mol. The molecule has 3 nitrogen and oxygen atoms in total. The number of rotatable bonds is 7. The zero-order valence-corrected chi connectivity index (χ0v) is 13.2. The van der Waals surface area contributed by atoms with E-state index in [1.807, 2.05) is 13.1 Å². The summed E-state index contributed by atoms with van der Waals surface area (Å²) >= 11 is 0. The highest BCUT2D eigenvalue weighted by Gasteiger charge is 2.14. The minimum atomic E-state index is 0.517. The molecule has 0 aromatic carbocycles. The van der Waals surface area contributed by atoms with Crippen molar-refractivity contribution in [1.82, 2.24) is 10.3 Å². The lowest BCUT2D eigenvalue weighted by atomic mass is 9.95. The summed E-state index contributed by atoms with van der Waals surface area (Å²) in [4.78, 5) is 4.53. The van der Waals surface area contributed by atoms with Gasteiger partial charge in [-0.2, -0.15) is 0 Å². The molecule has 0 saturated carbocycles. The number of nitrogens with one attached hydrogen (secondary N) is 1. The molecule has 1 unspecified atom stereocenters. The Morgan fingerprint density at radius 3 is 2.42 bits per heavy atom. The number of hydrogen-bond acceptors (Lipinski definition) is 3. The van der Waals surface area contributed by atoms with Crippen LogP contribution in [0.25, 0.3) is 0 Å². The molecule has 1 heterocycles. The second-order valence-corrected chi connectivity index (χ2v) is 5.29. The van der Waals surface area contributed by atoms with Crippen LogP contribution < -0.4 is 10.1 Å². The second-order valence-electron chi connectivity index (χ2n) is 5.29. The van der Waals surface area contributed by atoms with Crippen LogP contribution >= 0.6 is 0 Å². The molecule has 1 N–H and O–H groups in total. The third kappa shape index (κ3) is 3.93. The molecule has 0 saturated heterocycles. The van der Waals surface area contributed by atoms with Crippen molar-refractivity contribution in [1.29, 1.82) is 0 Å². The summed E-state index contributed by atoms with van der Waals surface area (Å²) in [7, 11) is 1.72. The first kappa shape index (κ1) is 16.0. The van der Waals surface area contributed by atoms with Gasteiger partial charge in [0.25, 0.3) is 0 Å². The fraction of sp³-hybridized carbons (Fsp3) is 0.688. The Hall–Kier alpha value is -1.09. The van der Waals surface area contributed by atoms with E-state index in [4.69, 9.17) is 4.74 Å². The Morgan fingerprint density at radius 1 is 1.26 bits per heavy atom. The van der Waals surface area contributed by atoms with E-state index in [0.717, 1.165) is 35.0 Å². The lowest BCUT2D eigenvalue weighted by molar-refractivity contribution is 0.350. The summed E-state index contributed by atoms with van der Waals surface area (Å²) in [5.41, 5.74) is 3.32. The van der Waals surface area contributed by atoms with E-state index in [9.17, 15) is 0 Å². The topological polar surface area (TPSA) is 34.2 Å². The van der Waals surface area contributed by atoms with Crippen molar-refractivity contribution in [3.63, 3.8) is 0 Å². The summed E-state index contributed by atoms with van der Waals surface area (Å²) in [5.74, 6) is 1.69. The van der Waals surface area contributed by atoms with E-state index in [-0.39, 0.29) is 0 Å². The molecule has 0 aliphatic carbocycles. The van der Waals surface area contributed by atoms with E-state index in [1.54, 1.807) is 7.11 Å². The molecule has 0 aliphatic heterocycles. The van der Waals surface area contributed by atoms with E-state index in [1.165, 1.54) is 12.8 Å². The first-order valence-corrected chi connectivity index (χ1v) is 7.27. The third-order valence-corrected chi connectivity index (χ3v) is 4.10. The molecule has 0 fully saturated rings. The normalized spacial score (nSPS) is 12.8. The minimum Gasteiger partial charge on any atom is -0.496 e. The van der Waals surface area contributed by atoms with Gasteiger partial charge in [-0.05, 0) is 26.7 Å². The van der Waals surface area contributed by atoms with E-state index >= 15 is 0 Å². The van der Waals surface area contributed by atoms with Crippen molar-refractivity contribution >= 4 is 0 Å². The Balaban J connectivity index is 2.73. The number of hydrogen-bond donors (Lipinski definition) is 1. The van der Waals surface area contributed by atoms with Gasteiger partial charge in [0.15, 0.2) is 0 Å². The SMILES string of the molecule is CCC(CC)C(C)NCc1ncc(C)c(OC)c1C. The van der Waals surface area contributed by atoms with Gasteiger partial charge in [-0.1, -0.05) is 26.7 Å². The second kappa shape index (κ2) is 7.49. The monoisotopic (exact) mass is 264 g/mol. The van der Waals surface area contributed by atoms with Crippen LogP contribution in [0.2, 0.25) is 0 Å². The first-order chi connectivity index (χ1) is 9.04. The smallest absolute Gasteiger partial charge is 0.128 e. The number of ether oxygens (including phenoxy) is 1. The van der Waals surface area contributed by atoms with E-state index in [2.05, 4.69) is 38.0 Å². The third-order valence-electron chi connectivity index (χ3n) is 4.10. The molecule has 1 aromatic heterocycles. The molecule has 1 rings (SSSR count). The molecule has 19 heavy (non-hydrogen) atoms. The van der Waals surface area contributed by atoms with Crippen LogP contribution in [0.3, 0.4) is 0 Å². The lowest BCUT2D eigenvalue weighted by Gasteiger charge is -2.23. The van der Waals surface area contributed by atoms with Crippen molar-refractivity contribution in [2.75, 3.05) is 7.11 Å². The highest BCUT2D eigenvalue weighted by atomic mass is 16.5. The van der Waals surface area contributed by atoms with Crippen molar-refractivity contribution in [3.8, 4) is 5.75 Å². The average Bonchev–Trinajstić information content (AvgIpc) is 2.40. The van der Waals surface area contributed by atoms with Gasteiger partial charge in [-0.25, -0.2) is 0 Å². The van der Waals surface area contributed by atoms with Crippen LogP contribution in [0, 0.1) is 19.8 Å². The fourth-order valence-corrected chi connectivity index (χ4v) is 2.67. The zero-order chi connectivity index (χ0) is 14.4. The number of pyridine rings is 1. The molecule has 0 amide bonds. The maximum Gasteiger partial charge on any atom is 0.128 e. The number of nitrogens with zero attached hydrogens (tertiary/aromatic N) is 1. The maximum atomic E-state index is 5.45. The van der Waals surface area contributed by atoms with Gasteiger partial charge < -0.3 is 10.1 Å². The summed E-state index contributed by atoms with van der Waals surface area (Å²) in [6.45, 7) is 11.7. The number of aromatic nitrogens is 1. The van der Waals surface area contributed by atoms with Gasteiger partial charge in [0.2, 0.25) is 0 Å². The quantitative estimate of drug-likeness (QED) is 0.816. The predicted octanol–water partition coefficient (Wildman–Crippen LogP) is 3.62. The Bertz CT molecular complexity index is 400. The van der Waals surface area contributed by atoms with Gasteiger partial charge in [0.05, 0.1) is 12.8 Å². The number of aryl methyl sites for hydroxylation is 1. The highest BCUT2D eigenvalue weighted by molar-refractivity contribution is 5.40. The number of methoxy groups -OCH3 is 1. The van der Waals surface area contributed by atoms with Crippen molar-refractivity contribution in [2.45, 2.75) is 60.0 Å². The van der Waals surface area contributed by atoms with Crippen LogP contribution in [-0.2, 0) is 6.54 Å². The molecule has 0 spiro atoms. The fourth-order valence-electron chi connectivity index (χ4n) is 2.67. The largest absolute Gasteiger partial charge is 0.496 e. The van der Waals surface area contributed by atoms with Crippen LogP contribution in [0.4, 0.5) is 0 Å². The molecule has 108 valence electrons. The standard InChI is InChI=1S/C16H28N2O/c1-7-14(8-2)13(5)17-10-15-12(4)16(19-6)11(3)9-18-15/h9,13-14,17H,7-8,10H2,1-6H3. The molecular formula is C16H28N2O. The van der Waals surface area contributed by atoms with E-state index in [0.29, 0.717) is 6.04 Å². The van der Waals surface area contributed by atoms with Crippen molar-refractivity contribution in [2.24, 2.45) is 5.92 Å². The first-order valence-electron chi connectivity index (χ1n) is 7.27. The summed E-state index contributed by atoms with van der Waals surface area (Å²) < 4.78 is 5.45. The molecule has 3 heteroatoms. The highest BCUT2D eigenvalue weighted by Crippen LogP contribution is 2.24. The summed E-state index contributed by atoms with van der Waals surface area (Å²) in [5, 5.41) is 3.59. The summed E-state index contributed by atoms with van der Waals surface area (Å²) in [6.07, 6.45) is 4.33. The Morgan fingerprint density at radius 2 is 1.89 bits per heavy atom. The lowest BCUT2D eigenvalue weighted by Crippen LogP contribution is -2.33. The minimum absolute atomic E-state index is 0.517. The average molecular weight is 264 g/mol. The molecule has 1 aromatic rings. The van der Waals surface area contributed by atoms with Gasteiger partial charge in [-0.3, -0.25) is 4.98 Å². The van der Waals surface area contributed by atoms with Gasteiger partial charge in [0, 0.05) is 29.9 Å². The summed E-state index contributed by atoms with van der Waals surface area (Å²) in [6, 6.07) is 0.517. The molecule has 0 radical (unpaired) electrons. The molecule has 0 bridgehead atoms.